The van der Waals surface area contributed by atoms with Gasteiger partial charge in [-0.2, -0.15) is 0 Å². The molecule has 18 heavy (non-hydrogen) atoms. The molecule has 0 fully saturated rings. The Morgan fingerprint density at radius 2 is 1.78 bits per heavy atom. The molecular formula is C14H16N2O2. The van der Waals surface area contributed by atoms with Crippen molar-refractivity contribution in [3.8, 4) is 0 Å². The predicted octanol–water partition coefficient (Wildman–Crippen LogP) is 2.67. The van der Waals surface area contributed by atoms with Crippen molar-refractivity contribution < 1.29 is 9.90 Å². The van der Waals surface area contributed by atoms with Crippen LogP contribution in [0.4, 0.5) is 5.82 Å². The van der Waals surface area contributed by atoms with Gasteiger partial charge in [0.15, 0.2) is 0 Å². The van der Waals surface area contributed by atoms with Crippen LogP contribution in [0.5, 0.6) is 0 Å². The Morgan fingerprint density at radius 1 is 1.17 bits per heavy atom. The number of carbonyl (C=O) groups is 1. The fraction of sp³-hybridized carbons (Fsp3) is 0.143. The van der Waals surface area contributed by atoms with Crippen LogP contribution in [0, 0.1) is 13.8 Å². The van der Waals surface area contributed by atoms with Gasteiger partial charge in [-0.3, -0.25) is 0 Å². The average molecular weight is 244 g/mol. The van der Waals surface area contributed by atoms with Gasteiger partial charge in [-0.15, -0.1) is 0 Å². The number of benzene rings is 1. The van der Waals surface area contributed by atoms with Gasteiger partial charge in [-0.05, 0) is 43.2 Å². The third-order valence-electron chi connectivity index (χ3n) is 2.53. The second kappa shape index (κ2) is 6.39. The van der Waals surface area contributed by atoms with Crippen molar-refractivity contribution in [1.29, 1.82) is 0 Å². The highest BCUT2D eigenvalue weighted by Gasteiger charge is 1.96. The van der Waals surface area contributed by atoms with Crippen LogP contribution in [0.3, 0.4) is 0 Å². The lowest BCUT2D eigenvalue weighted by atomic mass is 10.2. The summed E-state index contributed by atoms with van der Waals surface area (Å²) in [5.74, 6) is -0.245. The van der Waals surface area contributed by atoms with Crippen LogP contribution in [0.25, 0.3) is 0 Å². The number of nitrogens with two attached hydrogens (primary N) is 1. The van der Waals surface area contributed by atoms with E-state index in [2.05, 4.69) is 4.98 Å². The van der Waals surface area contributed by atoms with Crippen molar-refractivity contribution in [1.82, 2.24) is 4.98 Å². The van der Waals surface area contributed by atoms with Gasteiger partial charge in [-0.1, -0.05) is 18.2 Å². The molecule has 0 atom stereocenters. The summed E-state index contributed by atoms with van der Waals surface area (Å²) < 4.78 is 0. The topological polar surface area (TPSA) is 76.2 Å². The summed E-state index contributed by atoms with van der Waals surface area (Å²) in [6, 6.07) is 10.2. The van der Waals surface area contributed by atoms with Gasteiger partial charge in [0, 0.05) is 6.20 Å². The molecule has 0 radical (unpaired) electrons. The van der Waals surface area contributed by atoms with Crippen molar-refractivity contribution in [2.24, 2.45) is 0 Å². The van der Waals surface area contributed by atoms with Crippen LogP contribution in [-0.4, -0.2) is 16.1 Å². The number of nitrogen functional groups attached to an aromatic ring is 1. The highest BCUT2D eigenvalue weighted by molar-refractivity contribution is 5.87. The zero-order valence-electron chi connectivity index (χ0n) is 10.4. The highest BCUT2D eigenvalue weighted by Crippen LogP contribution is 2.09. The molecule has 0 spiro atoms. The van der Waals surface area contributed by atoms with E-state index in [-0.39, 0.29) is 0 Å². The molecule has 0 saturated carbocycles. The molecule has 2 rings (SSSR count). The average Bonchev–Trinajstić information content (AvgIpc) is 2.38. The van der Waals surface area contributed by atoms with Crippen molar-refractivity contribution in [3.63, 3.8) is 0 Å². The number of aromatic nitrogens is 1. The molecule has 1 aromatic carbocycles. The Hall–Kier alpha value is -2.36. The van der Waals surface area contributed by atoms with Gasteiger partial charge in [0.1, 0.15) is 5.82 Å². The predicted molar refractivity (Wildman–Crippen MR) is 71.5 cm³/mol. The Balaban J connectivity index is 0.000000180. The Kier molecular flexibility index (Phi) is 4.87. The first-order valence-corrected chi connectivity index (χ1v) is 5.48. The van der Waals surface area contributed by atoms with Crippen LogP contribution in [-0.2, 0) is 0 Å². The molecule has 3 N–H and O–H groups in total. The Bertz CT molecular complexity index is 504. The van der Waals surface area contributed by atoms with Crippen LogP contribution >= 0.6 is 0 Å². The van der Waals surface area contributed by atoms with Crippen molar-refractivity contribution >= 4 is 11.8 Å². The van der Waals surface area contributed by atoms with Crippen LogP contribution in [0.1, 0.15) is 21.5 Å². The first-order valence-electron chi connectivity index (χ1n) is 5.48. The Morgan fingerprint density at radius 3 is 2.17 bits per heavy atom. The summed E-state index contributed by atoms with van der Waals surface area (Å²) >= 11 is 0. The maximum atomic E-state index is 10.2. The molecule has 0 bridgehead atoms. The number of aromatic carboxylic acids is 1. The second-order valence-corrected chi connectivity index (χ2v) is 3.81. The highest BCUT2D eigenvalue weighted by atomic mass is 16.4. The van der Waals surface area contributed by atoms with Gasteiger partial charge >= 0.3 is 5.97 Å². The molecule has 0 aliphatic rings. The number of aryl methyl sites for hydroxylation is 1. The quantitative estimate of drug-likeness (QED) is 0.808. The third-order valence-corrected chi connectivity index (χ3v) is 2.53. The van der Waals surface area contributed by atoms with Crippen LogP contribution in [0.15, 0.2) is 42.6 Å². The van der Waals surface area contributed by atoms with Gasteiger partial charge in [0.05, 0.1) is 5.56 Å². The number of hydrogen-bond acceptors (Lipinski definition) is 3. The van der Waals surface area contributed by atoms with E-state index in [1.54, 1.807) is 36.5 Å². The summed E-state index contributed by atoms with van der Waals surface area (Å²) in [7, 11) is 0. The number of rotatable bonds is 1. The smallest absolute Gasteiger partial charge is 0.335 e. The molecule has 0 unspecified atom stereocenters. The maximum absolute atomic E-state index is 10.2. The lowest BCUT2D eigenvalue weighted by Gasteiger charge is -1.99. The first-order chi connectivity index (χ1) is 8.52. The SMILES string of the molecule is Cc1ccnc(N)c1C.O=C(O)c1ccccc1. The Labute approximate surface area is 106 Å². The van der Waals surface area contributed by atoms with E-state index in [9.17, 15) is 4.79 Å². The fourth-order valence-electron chi connectivity index (χ4n) is 1.23. The van der Waals surface area contributed by atoms with E-state index in [1.165, 1.54) is 5.56 Å². The first kappa shape index (κ1) is 13.7. The van der Waals surface area contributed by atoms with E-state index in [1.807, 2.05) is 19.9 Å². The summed E-state index contributed by atoms with van der Waals surface area (Å²) in [6.45, 7) is 3.99. The second-order valence-electron chi connectivity index (χ2n) is 3.81. The summed E-state index contributed by atoms with van der Waals surface area (Å²) in [5, 5.41) is 8.38. The van der Waals surface area contributed by atoms with Crippen LogP contribution in [0.2, 0.25) is 0 Å². The molecule has 4 nitrogen and oxygen atoms in total. The van der Waals surface area contributed by atoms with Gasteiger partial charge < -0.3 is 10.8 Å². The molecule has 94 valence electrons. The number of anilines is 1. The lowest BCUT2D eigenvalue weighted by Crippen LogP contribution is -1.94. The molecule has 4 heteroatoms. The minimum atomic E-state index is -0.879. The van der Waals surface area contributed by atoms with Gasteiger partial charge in [0.25, 0.3) is 0 Å². The minimum absolute atomic E-state index is 0.331. The number of carboxylic acids is 1. The molecule has 0 aliphatic heterocycles. The van der Waals surface area contributed by atoms with Crippen molar-refractivity contribution in [3.05, 3.63) is 59.3 Å². The number of pyridine rings is 1. The summed E-state index contributed by atoms with van der Waals surface area (Å²) in [5.41, 5.74) is 8.12. The fourth-order valence-corrected chi connectivity index (χ4v) is 1.23. The molecule has 1 aromatic heterocycles. The monoisotopic (exact) mass is 244 g/mol. The molecule has 0 saturated heterocycles. The lowest BCUT2D eigenvalue weighted by molar-refractivity contribution is 0.0697. The largest absolute Gasteiger partial charge is 0.478 e. The standard InChI is InChI=1S/C7H10N2.C7H6O2/c1-5-3-4-9-7(8)6(5)2;8-7(9)6-4-2-1-3-5-6/h3-4H,1-2H3,(H2,8,9);1-5H,(H,8,9). The number of nitrogens with zero attached hydrogens (tertiary/aromatic N) is 1. The molecule has 1 heterocycles. The van der Waals surface area contributed by atoms with E-state index in [4.69, 9.17) is 10.8 Å². The molecular weight excluding hydrogens is 228 g/mol. The van der Waals surface area contributed by atoms with Gasteiger partial charge in [0.2, 0.25) is 0 Å². The van der Waals surface area contributed by atoms with E-state index < -0.39 is 5.97 Å². The van der Waals surface area contributed by atoms with Gasteiger partial charge in [-0.25, -0.2) is 9.78 Å². The molecule has 0 amide bonds. The normalized spacial score (nSPS) is 9.22. The zero-order chi connectivity index (χ0) is 13.5. The molecule has 0 aliphatic carbocycles. The van der Waals surface area contributed by atoms with E-state index >= 15 is 0 Å². The van der Waals surface area contributed by atoms with Crippen molar-refractivity contribution in [2.45, 2.75) is 13.8 Å². The zero-order valence-corrected chi connectivity index (χ0v) is 10.4. The molecule has 2 aromatic rings. The van der Waals surface area contributed by atoms with E-state index in [0.29, 0.717) is 11.4 Å². The van der Waals surface area contributed by atoms with Crippen molar-refractivity contribution in [2.75, 3.05) is 5.73 Å². The van der Waals surface area contributed by atoms with E-state index in [0.717, 1.165) is 5.56 Å². The minimum Gasteiger partial charge on any atom is -0.478 e. The maximum Gasteiger partial charge on any atom is 0.335 e. The number of carboxylic acid groups (broad SMARTS) is 1. The summed E-state index contributed by atoms with van der Waals surface area (Å²) in [6.07, 6.45) is 1.72. The third kappa shape index (κ3) is 3.90. The number of hydrogen-bond donors (Lipinski definition) is 2. The summed E-state index contributed by atoms with van der Waals surface area (Å²) in [4.78, 5) is 14.1. The van der Waals surface area contributed by atoms with Crippen LogP contribution < -0.4 is 5.73 Å².